The van der Waals surface area contributed by atoms with Crippen LogP contribution in [0.1, 0.15) is 19.4 Å². The third kappa shape index (κ3) is 3.20. The quantitative estimate of drug-likeness (QED) is 0.703. The largest absolute Gasteiger partial charge is 0.332 e. The fourth-order valence-corrected chi connectivity index (χ4v) is 1.32. The highest BCUT2D eigenvalue weighted by Gasteiger charge is 2.13. The number of rotatable bonds is 4. The zero-order chi connectivity index (χ0) is 11.3. The van der Waals surface area contributed by atoms with Crippen LogP contribution in [0.5, 0.6) is 0 Å². The molecule has 3 nitrogen and oxygen atoms in total. The number of hydrogen-bond donors (Lipinski definition) is 0. The number of nitrogens with zero attached hydrogens (tertiary/aromatic N) is 2. The standard InChI is InChI=1S/C12H16N2O/c1-4-12(15)14(10(2)3)9-11-6-5-7-13-8-11/h4-8,10H,1,9H2,2-3H3. The molecule has 0 fully saturated rings. The highest BCUT2D eigenvalue weighted by molar-refractivity contribution is 5.87. The molecule has 0 aromatic carbocycles. The van der Waals surface area contributed by atoms with Crippen LogP contribution in [0.4, 0.5) is 0 Å². The predicted octanol–water partition coefficient (Wildman–Crippen LogP) is 2.00. The maximum Gasteiger partial charge on any atom is 0.246 e. The van der Waals surface area contributed by atoms with E-state index in [-0.39, 0.29) is 11.9 Å². The van der Waals surface area contributed by atoms with Gasteiger partial charge in [-0.15, -0.1) is 0 Å². The van der Waals surface area contributed by atoms with Gasteiger partial charge in [-0.25, -0.2) is 0 Å². The first-order chi connectivity index (χ1) is 7.15. The van der Waals surface area contributed by atoms with Crippen molar-refractivity contribution in [2.75, 3.05) is 0 Å². The molecule has 0 aliphatic heterocycles. The van der Waals surface area contributed by atoms with Gasteiger partial charge in [-0.05, 0) is 31.6 Å². The van der Waals surface area contributed by atoms with E-state index in [1.54, 1.807) is 17.3 Å². The molecule has 1 aromatic rings. The average Bonchev–Trinajstić information content (AvgIpc) is 2.26. The zero-order valence-electron chi connectivity index (χ0n) is 9.18. The van der Waals surface area contributed by atoms with Crippen LogP contribution in [-0.4, -0.2) is 21.8 Å². The third-order valence-electron chi connectivity index (χ3n) is 2.16. The summed E-state index contributed by atoms with van der Waals surface area (Å²) in [6.07, 6.45) is 4.83. The van der Waals surface area contributed by atoms with E-state index in [0.29, 0.717) is 6.54 Å². The molecular formula is C12H16N2O. The van der Waals surface area contributed by atoms with Crippen LogP contribution in [0.3, 0.4) is 0 Å². The summed E-state index contributed by atoms with van der Waals surface area (Å²) >= 11 is 0. The molecule has 0 aliphatic rings. The lowest BCUT2D eigenvalue weighted by molar-refractivity contribution is -0.128. The molecule has 0 radical (unpaired) electrons. The van der Waals surface area contributed by atoms with Gasteiger partial charge in [-0.1, -0.05) is 12.6 Å². The summed E-state index contributed by atoms with van der Waals surface area (Å²) in [6, 6.07) is 3.99. The fourth-order valence-electron chi connectivity index (χ4n) is 1.32. The van der Waals surface area contributed by atoms with Crippen LogP contribution in [0.2, 0.25) is 0 Å². The van der Waals surface area contributed by atoms with Crippen LogP contribution in [0.25, 0.3) is 0 Å². The summed E-state index contributed by atoms with van der Waals surface area (Å²) in [5.74, 6) is -0.0474. The molecule has 80 valence electrons. The third-order valence-corrected chi connectivity index (χ3v) is 2.16. The molecule has 0 N–H and O–H groups in total. The van der Waals surface area contributed by atoms with E-state index in [0.717, 1.165) is 5.56 Å². The SMILES string of the molecule is C=CC(=O)N(Cc1cccnc1)C(C)C. The second-order valence-electron chi connectivity index (χ2n) is 3.63. The second-order valence-corrected chi connectivity index (χ2v) is 3.63. The van der Waals surface area contributed by atoms with Gasteiger partial charge in [0, 0.05) is 25.0 Å². The van der Waals surface area contributed by atoms with Crippen LogP contribution in [-0.2, 0) is 11.3 Å². The van der Waals surface area contributed by atoms with Gasteiger partial charge in [-0.2, -0.15) is 0 Å². The number of pyridine rings is 1. The minimum absolute atomic E-state index is 0.0474. The Morgan fingerprint density at radius 1 is 1.67 bits per heavy atom. The Balaban J connectivity index is 2.76. The van der Waals surface area contributed by atoms with Crippen molar-refractivity contribution in [3.8, 4) is 0 Å². The normalized spacial score (nSPS) is 10.1. The lowest BCUT2D eigenvalue weighted by atomic mass is 10.2. The van der Waals surface area contributed by atoms with E-state index in [9.17, 15) is 4.79 Å². The Kier molecular flexibility index (Phi) is 4.03. The summed E-state index contributed by atoms with van der Waals surface area (Å²) in [7, 11) is 0. The molecule has 1 heterocycles. The van der Waals surface area contributed by atoms with Gasteiger partial charge in [0.1, 0.15) is 0 Å². The molecule has 15 heavy (non-hydrogen) atoms. The van der Waals surface area contributed by atoms with Gasteiger partial charge in [0.25, 0.3) is 0 Å². The molecule has 1 amide bonds. The monoisotopic (exact) mass is 204 g/mol. The van der Waals surface area contributed by atoms with Crippen molar-refractivity contribution in [1.82, 2.24) is 9.88 Å². The van der Waals surface area contributed by atoms with E-state index in [4.69, 9.17) is 0 Å². The van der Waals surface area contributed by atoms with Gasteiger partial charge < -0.3 is 4.90 Å². The maximum atomic E-state index is 11.5. The van der Waals surface area contributed by atoms with Gasteiger partial charge in [-0.3, -0.25) is 9.78 Å². The number of amides is 1. The molecule has 3 heteroatoms. The first kappa shape index (κ1) is 11.4. The minimum atomic E-state index is -0.0474. The molecule has 0 unspecified atom stereocenters. The molecule has 0 saturated heterocycles. The van der Waals surface area contributed by atoms with Crippen molar-refractivity contribution in [3.05, 3.63) is 42.7 Å². The second kappa shape index (κ2) is 5.29. The smallest absolute Gasteiger partial charge is 0.246 e. The van der Waals surface area contributed by atoms with Crippen molar-refractivity contribution in [3.63, 3.8) is 0 Å². The first-order valence-electron chi connectivity index (χ1n) is 4.97. The maximum absolute atomic E-state index is 11.5. The summed E-state index contributed by atoms with van der Waals surface area (Å²) < 4.78 is 0. The van der Waals surface area contributed by atoms with Crippen LogP contribution < -0.4 is 0 Å². The van der Waals surface area contributed by atoms with Crippen molar-refractivity contribution in [1.29, 1.82) is 0 Å². The van der Waals surface area contributed by atoms with E-state index in [2.05, 4.69) is 11.6 Å². The summed E-state index contributed by atoms with van der Waals surface area (Å²) in [5.41, 5.74) is 1.03. The summed E-state index contributed by atoms with van der Waals surface area (Å²) in [4.78, 5) is 17.3. The fraction of sp³-hybridized carbons (Fsp3) is 0.333. The van der Waals surface area contributed by atoms with Crippen LogP contribution >= 0.6 is 0 Å². The molecule has 0 aliphatic carbocycles. The molecule has 0 bridgehead atoms. The van der Waals surface area contributed by atoms with Gasteiger partial charge >= 0.3 is 0 Å². The van der Waals surface area contributed by atoms with Crippen molar-refractivity contribution in [2.45, 2.75) is 26.4 Å². The lowest BCUT2D eigenvalue weighted by Crippen LogP contribution is -2.35. The molecule has 0 saturated carbocycles. The zero-order valence-corrected chi connectivity index (χ0v) is 9.18. The lowest BCUT2D eigenvalue weighted by Gasteiger charge is -2.25. The Labute approximate surface area is 90.4 Å². The predicted molar refractivity (Wildman–Crippen MR) is 60.1 cm³/mol. The van der Waals surface area contributed by atoms with E-state index in [1.165, 1.54) is 6.08 Å². The first-order valence-corrected chi connectivity index (χ1v) is 4.97. The summed E-state index contributed by atoms with van der Waals surface area (Å²) in [5, 5.41) is 0. The number of hydrogen-bond acceptors (Lipinski definition) is 2. The van der Waals surface area contributed by atoms with Gasteiger partial charge in [0.15, 0.2) is 0 Å². The Bertz CT molecular complexity index is 333. The van der Waals surface area contributed by atoms with E-state index >= 15 is 0 Å². The number of carbonyl (C=O) groups is 1. The van der Waals surface area contributed by atoms with Crippen molar-refractivity contribution in [2.24, 2.45) is 0 Å². The average molecular weight is 204 g/mol. The van der Waals surface area contributed by atoms with Crippen LogP contribution in [0.15, 0.2) is 37.2 Å². The Morgan fingerprint density at radius 3 is 2.87 bits per heavy atom. The Morgan fingerprint density at radius 2 is 2.40 bits per heavy atom. The van der Waals surface area contributed by atoms with Crippen molar-refractivity contribution < 1.29 is 4.79 Å². The number of aromatic nitrogens is 1. The van der Waals surface area contributed by atoms with E-state index < -0.39 is 0 Å². The molecule has 1 rings (SSSR count). The summed E-state index contributed by atoms with van der Waals surface area (Å²) in [6.45, 7) is 8.05. The van der Waals surface area contributed by atoms with Gasteiger partial charge in [0.2, 0.25) is 5.91 Å². The molecule has 0 spiro atoms. The topological polar surface area (TPSA) is 33.2 Å². The highest BCUT2D eigenvalue weighted by atomic mass is 16.2. The molecule has 1 aromatic heterocycles. The minimum Gasteiger partial charge on any atom is -0.332 e. The number of carbonyl (C=O) groups excluding carboxylic acids is 1. The van der Waals surface area contributed by atoms with E-state index in [1.807, 2.05) is 26.0 Å². The highest BCUT2D eigenvalue weighted by Crippen LogP contribution is 2.07. The van der Waals surface area contributed by atoms with Crippen LogP contribution in [0, 0.1) is 0 Å². The molecule has 0 atom stereocenters. The molecular weight excluding hydrogens is 188 g/mol. The van der Waals surface area contributed by atoms with Crippen molar-refractivity contribution >= 4 is 5.91 Å². The Hall–Kier alpha value is -1.64. The van der Waals surface area contributed by atoms with Gasteiger partial charge in [0.05, 0.1) is 0 Å².